The van der Waals surface area contributed by atoms with Crippen LogP contribution in [0.2, 0.25) is 0 Å². The quantitative estimate of drug-likeness (QED) is 0.651. The van der Waals surface area contributed by atoms with Gasteiger partial charge < -0.3 is 4.90 Å². The van der Waals surface area contributed by atoms with Crippen molar-refractivity contribution in [2.75, 3.05) is 18.0 Å². The predicted molar refractivity (Wildman–Crippen MR) is 52.9 cm³/mol. The highest BCUT2D eigenvalue weighted by molar-refractivity contribution is 5.43. The smallest absolute Gasteiger partial charge is 0.151 e. The van der Waals surface area contributed by atoms with E-state index in [1.54, 1.807) is 0 Å². The molecule has 0 N–H and O–H groups in total. The molecule has 1 saturated heterocycles. The van der Waals surface area contributed by atoms with E-state index in [9.17, 15) is 0 Å². The zero-order valence-corrected chi connectivity index (χ0v) is 8.41. The van der Waals surface area contributed by atoms with Crippen LogP contribution in [0.25, 0.3) is 0 Å². The Balaban J connectivity index is 2.18. The molecule has 2 rings (SSSR count). The van der Waals surface area contributed by atoms with Crippen LogP contribution in [-0.4, -0.2) is 23.3 Å². The fraction of sp³-hybridized carbons (Fsp3) is 0.600. The molecule has 1 aromatic heterocycles. The molecule has 1 aliphatic heterocycles. The molecule has 0 saturated carbocycles. The van der Waals surface area contributed by atoms with Crippen LogP contribution in [0.3, 0.4) is 0 Å². The molecule has 0 radical (unpaired) electrons. The predicted octanol–water partition coefficient (Wildman–Crippen LogP) is 1.55. The van der Waals surface area contributed by atoms with Gasteiger partial charge in [-0.1, -0.05) is 6.92 Å². The summed E-state index contributed by atoms with van der Waals surface area (Å²) in [7, 11) is 0. The van der Waals surface area contributed by atoms with E-state index in [0.717, 1.165) is 30.5 Å². The number of nitrogens with zero attached hydrogens (tertiary/aromatic N) is 3. The van der Waals surface area contributed by atoms with E-state index in [4.69, 9.17) is 0 Å². The second kappa shape index (κ2) is 2.98. The van der Waals surface area contributed by atoms with Gasteiger partial charge in [-0.3, -0.25) is 0 Å². The molecule has 13 heavy (non-hydrogen) atoms. The molecule has 3 nitrogen and oxygen atoms in total. The van der Waals surface area contributed by atoms with E-state index in [2.05, 4.69) is 35.0 Å². The lowest BCUT2D eigenvalue weighted by Crippen LogP contribution is -2.45. The lowest BCUT2D eigenvalue weighted by atomic mass is 10.0. The van der Waals surface area contributed by atoms with Gasteiger partial charge in [-0.05, 0) is 31.4 Å². The number of hydrogen-bond acceptors (Lipinski definition) is 3. The third-order valence-corrected chi connectivity index (χ3v) is 2.61. The Kier molecular flexibility index (Phi) is 1.94. The second-order valence-corrected chi connectivity index (χ2v) is 3.98. The van der Waals surface area contributed by atoms with Crippen molar-refractivity contribution in [3.63, 3.8) is 0 Å². The van der Waals surface area contributed by atoms with Gasteiger partial charge in [0, 0.05) is 13.1 Å². The Labute approximate surface area is 78.8 Å². The van der Waals surface area contributed by atoms with E-state index in [0.29, 0.717) is 0 Å². The number of anilines is 1. The van der Waals surface area contributed by atoms with E-state index >= 15 is 0 Å². The first-order chi connectivity index (χ1) is 6.16. The minimum absolute atomic E-state index is 0.809. The topological polar surface area (TPSA) is 29.0 Å². The van der Waals surface area contributed by atoms with E-state index in [-0.39, 0.29) is 0 Å². The minimum atomic E-state index is 0.809. The summed E-state index contributed by atoms with van der Waals surface area (Å²) in [4.78, 5) is 2.27. The summed E-state index contributed by atoms with van der Waals surface area (Å²) in [5.74, 6) is 1.84. The van der Waals surface area contributed by atoms with Gasteiger partial charge in [-0.25, -0.2) is 0 Å². The first kappa shape index (κ1) is 8.48. The molecule has 3 heteroatoms. The molecular weight excluding hydrogens is 162 g/mol. The molecule has 0 aliphatic carbocycles. The first-order valence-corrected chi connectivity index (χ1v) is 4.72. The third-order valence-electron chi connectivity index (χ3n) is 2.61. The highest BCUT2D eigenvalue weighted by Crippen LogP contribution is 2.22. The number of rotatable bonds is 1. The molecule has 0 amide bonds. The average molecular weight is 177 g/mol. The Morgan fingerprint density at radius 3 is 2.54 bits per heavy atom. The SMILES string of the molecule is Cc1cc(N2CC(C)C2)nnc1C. The maximum atomic E-state index is 4.17. The molecule has 0 aromatic carbocycles. The van der Waals surface area contributed by atoms with Gasteiger partial charge in [0.25, 0.3) is 0 Å². The Hall–Kier alpha value is -1.12. The fourth-order valence-corrected chi connectivity index (χ4v) is 1.57. The molecular formula is C10H15N3. The average Bonchev–Trinajstić information content (AvgIpc) is 2.05. The molecule has 0 atom stereocenters. The van der Waals surface area contributed by atoms with E-state index in [1.807, 2.05) is 6.92 Å². The van der Waals surface area contributed by atoms with E-state index in [1.165, 1.54) is 5.56 Å². The van der Waals surface area contributed by atoms with Gasteiger partial charge in [0.15, 0.2) is 5.82 Å². The molecule has 0 spiro atoms. The maximum absolute atomic E-state index is 4.17. The lowest BCUT2D eigenvalue weighted by molar-refractivity contribution is 0.441. The van der Waals surface area contributed by atoms with Crippen LogP contribution in [-0.2, 0) is 0 Å². The van der Waals surface area contributed by atoms with Gasteiger partial charge in [0.2, 0.25) is 0 Å². The Morgan fingerprint density at radius 2 is 2.00 bits per heavy atom. The van der Waals surface area contributed by atoms with Crippen molar-refractivity contribution in [3.8, 4) is 0 Å². The van der Waals surface area contributed by atoms with Crippen LogP contribution in [0, 0.1) is 19.8 Å². The van der Waals surface area contributed by atoms with Crippen molar-refractivity contribution in [1.29, 1.82) is 0 Å². The summed E-state index contributed by atoms with van der Waals surface area (Å²) in [5.41, 5.74) is 2.25. The van der Waals surface area contributed by atoms with Crippen LogP contribution in [0.15, 0.2) is 6.07 Å². The molecule has 70 valence electrons. The summed E-state index contributed by atoms with van der Waals surface area (Å²) >= 11 is 0. The molecule has 1 fully saturated rings. The monoisotopic (exact) mass is 177 g/mol. The van der Waals surface area contributed by atoms with Crippen LogP contribution in [0.5, 0.6) is 0 Å². The van der Waals surface area contributed by atoms with Gasteiger partial charge >= 0.3 is 0 Å². The van der Waals surface area contributed by atoms with Crippen molar-refractivity contribution in [2.24, 2.45) is 5.92 Å². The van der Waals surface area contributed by atoms with Crippen molar-refractivity contribution in [2.45, 2.75) is 20.8 Å². The van der Waals surface area contributed by atoms with Gasteiger partial charge in [-0.2, -0.15) is 5.10 Å². The van der Waals surface area contributed by atoms with Crippen molar-refractivity contribution in [3.05, 3.63) is 17.3 Å². The lowest BCUT2D eigenvalue weighted by Gasteiger charge is -2.37. The van der Waals surface area contributed by atoms with Gasteiger partial charge in [0.05, 0.1) is 5.69 Å². The minimum Gasteiger partial charge on any atom is -0.354 e. The standard InChI is InChI=1S/C10H15N3/c1-7-5-13(6-7)10-4-8(2)9(3)11-12-10/h4,7H,5-6H2,1-3H3. The third kappa shape index (κ3) is 1.50. The number of hydrogen-bond donors (Lipinski definition) is 0. The van der Waals surface area contributed by atoms with Crippen molar-refractivity contribution in [1.82, 2.24) is 10.2 Å². The highest BCUT2D eigenvalue weighted by Gasteiger charge is 2.23. The normalized spacial score (nSPS) is 17.3. The maximum Gasteiger partial charge on any atom is 0.151 e. The molecule has 0 bridgehead atoms. The molecule has 2 heterocycles. The Morgan fingerprint density at radius 1 is 1.31 bits per heavy atom. The fourth-order valence-electron chi connectivity index (χ4n) is 1.57. The van der Waals surface area contributed by atoms with Gasteiger partial charge in [-0.15, -0.1) is 5.10 Å². The van der Waals surface area contributed by atoms with Crippen molar-refractivity contribution < 1.29 is 0 Å². The number of aryl methyl sites for hydroxylation is 2. The summed E-state index contributed by atoms with van der Waals surface area (Å²) in [5, 5.41) is 8.29. The number of aromatic nitrogens is 2. The second-order valence-electron chi connectivity index (χ2n) is 3.98. The molecule has 1 aliphatic rings. The zero-order valence-electron chi connectivity index (χ0n) is 8.41. The van der Waals surface area contributed by atoms with Crippen LogP contribution in [0.4, 0.5) is 5.82 Å². The van der Waals surface area contributed by atoms with Crippen molar-refractivity contribution >= 4 is 5.82 Å². The van der Waals surface area contributed by atoms with Crippen LogP contribution >= 0.6 is 0 Å². The Bertz CT molecular complexity index is 316. The summed E-state index contributed by atoms with van der Waals surface area (Å²) < 4.78 is 0. The summed E-state index contributed by atoms with van der Waals surface area (Å²) in [6.07, 6.45) is 0. The van der Waals surface area contributed by atoms with Crippen LogP contribution < -0.4 is 4.90 Å². The summed E-state index contributed by atoms with van der Waals surface area (Å²) in [6.45, 7) is 8.57. The molecule has 0 unspecified atom stereocenters. The zero-order chi connectivity index (χ0) is 9.42. The van der Waals surface area contributed by atoms with Crippen LogP contribution in [0.1, 0.15) is 18.2 Å². The van der Waals surface area contributed by atoms with Gasteiger partial charge in [0.1, 0.15) is 0 Å². The first-order valence-electron chi connectivity index (χ1n) is 4.72. The highest BCUT2D eigenvalue weighted by atomic mass is 15.3. The largest absolute Gasteiger partial charge is 0.354 e. The van der Waals surface area contributed by atoms with E-state index < -0.39 is 0 Å². The summed E-state index contributed by atoms with van der Waals surface area (Å²) in [6, 6.07) is 2.12. The molecule has 1 aromatic rings.